The maximum Gasteiger partial charge on any atom is 0.313 e. The third-order valence-electron chi connectivity index (χ3n) is 4.42. The summed E-state index contributed by atoms with van der Waals surface area (Å²) >= 11 is 5.84. The van der Waals surface area contributed by atoms with Crippen LogP contribution >= 0.6 is 11.6 Å². The Morgan fingerprint density at radius 3 is 2.61 bits per heavy atom. The van der Waals surface area contributed by atoms with E-state index in [-0.39, 0.29) is 33.5 Å². The van der Waals surface area contributed by atoms with Gasteiger partial charge in [-0.3, -0.25) is 14.9 Å². The molecule has 2 heterocycles. The van der Waals surface area contributed by atoms with E-state index in [4.69, 9.17) is 21.1 Å². The predicted octanol–water partition coefficient (Wildman–Crippen LogP) is 4.28. The monoisotopic (exact) mass is 466 g/mol. The molecule has 1 amide bonds. The van der Waals surface area contributed by atoms with E-state index in [9.17, 15) is 14.9 Å². The van der Waals surface area contributed by atoms with E-state index in [2.05, 4.69) is 20.4 Å². The highest BCUT2D eigenvalue weighted by atomic mass is 35.5. The zero-order valence-electron chi connectivity index (χ0n) is 17.0. The second-order valence-corrected chi connectivity index (χ2v) is 6.97. The number of nitro groups is 1. The SMILES string of the molecule is COc1cc(C(=O)Nc2ccc(-n3cncn3)nc2)ccc1Oc1ccc(Cl)cc1[N+](=O)[O-]. The zero-order chi connectivity index (χ0) is 23.4. The molecule has 4 aromatic rings. The van der Waals surface area contributed by atoms with Gasteiger partial charge in [-0.15, -0.1) is 0 Å². The number of nitro benzene ring substituents is 1. The molecule has 0 atom stereocenters. The van der Waals surface area contributed by atoms with Gasteiger partial charge >= 0.3 is 5.69 Å². The Morgan fingerprint density at radius 1 is 1.12 bits per heavy atom. The Hall–Kier alpha value is -4.51. The molecule has 0 bridgehead atoms. The maximum atomic E-state index is 12.7. The second kappa shape index (κ2) is 9.32. The normalized spacial score (nSPS) is 10.5. The summed E-state index contributed by atoms with van der Waals surface area (Å²) in [6.45, 7) is 0. The number of carbonyl (C=O) groups is 1. The first kappa shape index (κ1) is 21.7. The molecule has 0 fully saturated rings. The van der Waals surface area contributed by atoms with Crippen molar-refractivity contribution in [3.8, 4) is 23.1 Å². The fourth-order valence-electron chi connectivity index (χ4n) is 2.86. The number of ether oxygens (including phenoxy) is 2. The van der Waals surface area contributed by atoms with Gasteiger partial charge in [0.2, 0.25) is 5.75 Å². The Labute approximate surface area is 191 Å². The van der Waals surface area contributed by atoms with Crippen LogP contribution in [-0.2, 0) is 0 Å². The van der Waals surface area contributed by atoms with Gasteiger partial charge in [-0.25, -0.2) is 14.6 Å². The lowest BCUT2D eigenvalue weighted by Crippen LogP contribution is -2.12. The highest BCUT2D eigenvalue weighted by molar-refractivity contribution is 6.30. The van der Waals surface area contributed by atoms with E-state index in [1.807, 2.05) is 0 Å². The Kier molecular flexibility index (Phi) is 6.13. The number of hydrogen-bond donors (Lipinski definition) is 1. The largest absolute Gasteiger partial charge is 0.493 e. The fourth-order valence-corrected chi connectivity index (χ4v) is 3.02. The molecule has 0 spiro atoms. The number of nitrogens with zero attached hydrogens (tertiary/aromatic N) is 5. The van der Waals surface area contributed by atoms with E-state index in [1.54, 1.807) is 12.1 Å². The standard InChI is InChI=1S/C21H15ClN6O5/c1-32-19-8-13(2-5-18(19)33-17-6-3-14(22)9-16(17)28(30)31)21(29)26-15-4-7-20(24-10-15)27-12-23-11-25-27/h2-12H,1H3,(H,26,29). The van der Waals surface area contributed by atoms with Crippen molar-refractivity contribution in [2.45, 2.75) is 0 Å². The van der Waals surface area contributed by atoms with Crippen molar-refractivity contribution in [3.05, 3.63) is 88.1 Å². The topological polar surface area (TPSA) is 134 Å². The molecule has 33 heavy (non-hydrogen) atoms. The average Bonchev–Trinajstić information content (AvgIpc) is 3.35. The van der Waals surface area contributed by atoms with Crippen molar-refractivity contribution in [2.75, 3.05) is 12.4 Å². The van der Waals surface area contributed by atoms with E-state index < -0.39 is 10.8 Å². The van der Waals surface area contributed by atoms with Crippen LogP contribution in [0.25, 0.3) is 5.82 Å². The molecule has 0 saturated carbocycles. The highest BCUT2D eigenvalue weighted by Crippen LogP contribution is 2.38. The predicted molar refractivity (Wildman–Crippen MR) is 118 cm³/mol. The quantitative estimate of drug-likeness (QED) is 0.315. The minimum atomic E-state index is -0.600. The lowest BCUT2D eigenvalue weighted by Gasteiger charge is -2.12. The van der Waals surface area contributed by atoms with E-state index >= 15 is 0 Å². The first-order valence-corrected chi connectivity index (χ1v) is 9.74. The number of amides is 1. The molecule has 0 saturated heterocycles. The number of nitrogens with one attached hydrogen (secondary N) is 1. The van der Waals surface area contributed by atoms with E-state index in [1.165, 1.54) is 67.0 Å². The van der Waals surface area contributed by atoms with E-state index in [0.29, 0.717) is 11.5 Å². The Morgan fingerprint density at radius 2 is 1.94 bits per heavy atom. The van der Waals surface area contributed by atoms with Crippen LogP contribution in [0.2, 0.25) is 5.02 Å². The summed E-state index contributed by atoms with van der Waals surface area (Å²) in [6, 6.07) is 11.9. The molecule has 0 aliphatic rings. The van der Waals surface area contributed by atoms with Crippen LogP contribution < -0.4 is 14.8 Å². The number of hydrogen-bond acceptors (Lipinski definition) is 8. The smallest absolute Gasteiger partial charge is 0.313 e. The third-order valence-corrected chi connectivity index (χ3v) is 4.66. The molecule has 2 aromatic carbocycles. The van der Waals surface area contributed by atoms with Crippen LogP contribution in [0.15, 0.2) is 67.4 Å². The van der Waals surface area contributed by atoms with Gasteiger partial charge in [-0.2, -0.15) is 5.10 Å². The molecule has 0 unspecified atom stereocenters. The summed E-state index contributed by atoms with van der Waals surface area (Å²) in [5.74, 6) is 0.529. The number of benzene rings is 2. The second-order valence-electron chi connectivity index (χ2n) is 6.54. The minimum Gasteiger partial charge on any atom is -0.493 e. The van der Waals surface area contributed by atoms with Gasteiger partial charge < -0.3 is 14.8 Å². The van der Waals surface area contributed by atoms with Crippen molar-refractivity contribution < 1.29 is 19.2 Å². The van der Waals surface area contributed by atoms with Gasteiger partial charge in [0.1, 0.15) is 12.7 Å². The van der Waals surface area contributed by atoms with Crippen LogP contribution in [0.4, 0.5) is 11.4 Å². The first-order valence-electron chi connectivity index (χ1n) is 9.37. The van der Waals surface area contributed by atoms with Crippen molar-refractivity contribution in [2.24, 2.45) is 0 Å². The number of methoxy groups -OCH3 is 1. The van der Waals surface area contributed by atoms with E-state index in [0.717, 1.165) is 0 Å². The van der Waals surface area contributed by atoms with Crippen LogP contribution in [0.1, 0.15) is 10.4 Å². The van der Waals surface area contributed by atoms with Crippen molar-refractivity contribution in [3.63, 3.8) is 0 Å². The number of carbonyl (C=O) groups excluding carboxylic acids is 1. The van der Waals surface area contributed by atoms with Gasteiger partial charge in [0.05, 0.1) is 23.9 Å². The number of anilines is 1. The number of halogens is 1. The van der Waals surface area contributed by atoms with Crippen molar-refractivity contribution in [1.29, 1.82) is 0 Å². The molecule has 2 aromatic heterocycles. The molecule has 166 valence electrons. The number of aromatic nitrogens is 4. The molecule has 11 nitrogen and oxygen atoms in total. The molecule has 0 radical (unpaired) electrons. The molecule has 1 N–H and O–H groups in total. The summed E-state index contributed by atoms with van der Waals surface area (Å²) in [6.07, 6.45) is 4.39. The third kappa shape index (κ3) is 4.88. The summed E-state index contributed by atoms with van der Waals surface area (Å²) in [4.78, 5) is 31.5. The van der Waals surface area contributed by atoms with Crippen LogP contribution in [-0.4, -0.2) is 37.7 Å². The molecular weight excluding hydrogens is 452 g/mol. The van der Waals surface area contributed by atoms with Crippen molar-refractivity contribution >= 4 is 28.9 Å². The van der Waals surface area contributed by atoms with Crippen LogP contribution in [0, 0.1) is 10.1 Å². The van der Waals surface area contributed by atoms with Crippen LogP contribution in [0.5, 0.6) is 17.2 Å². The minimum absolute atomic E-state index is 0.0153. The highest BCUT2D eigenvalue weighted by Gasteiger charge is 2.19. The van der Waals surface area contributed by atoms with Gasteiger partial charge in [0.15, 0.2) is 17.3 Å². The van der Waals surface area contributed by atoms with Gasteiger partial charge in [0, 0.05) is 16.7 Å². The fraction of sp³-hybridized carbons (Fsp3) is 0.0476. The number of pyridine rings is 1. The molecule has 12 heteroatoms. The van der Waals surface area contributed by atoms with Gasteiger partial charge in [0.25, 0.3) is 5.91 Å². The van der Waals surface area contributed by atoms with Crippen molar-refractivity contribution in [1.82, 2.24) is 19.7 Å². The molecule has 0 aliphatic carbocycles. The first-order chi connectivity index (χ1) is 15.9. The Balaban J connectivity index is 1.52. The van der Waals surface area contributed by atoms with Gasteiger partial charge in [-0.1, -0.05) is 11.6 Å². The summed E-state index contributed by atoms with van der Waals surface area (Å²) in [7, 11) is 1.40. The Bertz CT molecular complexity index is 1310. The summed E-state index contributed by atoms with van der Waals surface area (Å²) in [5.41, 5.74) is 0.457. The zero-order valence-corrected chi connectivity index (χ0v) is 17.8. The summed E-state index contributed by atoms with van der Waals surface area (Å²) < 4.78 is 12.5. The maximum absolute atomic E-state index is 12.7. The molecule has 4 rings (SSSR count). The molecular formula is C21H15ClN6O5. The van der Waals surface area contributed by atoms with Crippen LogP contribution in [0.3, 0.4) is 0 Å². The lowest BCUT2D eigenvalue weighted by molar-refractivity contribution is -0.385. The lowest BCUT2D eigenvalue weighted by atomic mass is 10.2. The molecule has 0 aliphatic heterocycles. The summed E-state index contributed by atoms with van der Waals surface area (Å²) in [5, 5.41) is 18.2. The van der Waals surface area contributed by atoms with Gasteiger partial charge in [-0.05, 0) is 42.5 Å². The average molecular weight is 467 g/mol. The number of rotatable bonds is 7.